The molecule has 1 heterocycles. The SMILES string of the molecule is COc1ccc(C(=O)NCC(=O)Nc2nc(CC34CC5CC(CC(C5)C3)C4)cs2)cc1. The maximum Gasteiger partial charge on any atom is 0.251 e. The third-order valence-corrected chi connectivity index (χ3v) is 8.09. The zero-order valence-electron chi connectivity index (χ0n) is 17.9. The van der Waals surface area contributed by atoms with Gasteiger partial charge in [-0.15, -0.1) is 11.3 Å². The first-order chi connectivity index (χ1) is 15.0. The van der Waals surface area contributed by atoms with Crippen molar-refractivity contribution in [3.63, 3.8) is 0 Å². The predicted molar refractivity (Wildman–Crippen MR) is 120 cm³/mol. The predicted octanol–water partition coefficient (Wildman–Crippen LogP) is 4.28. The van der Waals surface area contributed by atoms with Crippen LogP contribution >= 0.6 is 11.3 Å². The molecular formula is C24H29N3O3S. The second-order valence-corrected chi connectivity index (χ2v) is 10.6. The summed E-state index contributed by atoms with van der Waals surface area (Å²) < 4.78 is 5.09. The van der Waals surface area contributed by atoms with Gasteiger partial charge in [0.15, 0.2) is 5.13 Å². The third-order valence-electron chi connectivity index (χ3n) is 7.28. The number of methoxy groups -OCH3 is 1. The summed E-state index contributed by atoms with van der Waals surface area (Å²) in [5, 5.41) is 8.18. The van der Waals surface area contributed by atoms with Crippen molar-refractivity contribution in [2.24, 2.45) is 23.2 Å². The Morgan fingerprint density at radius 2 is 1.74 bits per heavy atom. The van der Waals surface area contributed by atoms with Crippen LogP contribution in [0, 0.1) is 23.2 Å². The van der Waals surface area contributed by atoms with E-state index in [0.29, 0.717) is 21.9 Å². The Morgan fingerprint density at radius 1 is 1.10 bits per heavy atom. The number of aromatic nitrogens is 1. The molecule has 31 heavy (non-hydrogen) atoms. The molecule has 0 atom stereocenters. The van der Waals surface area contributed by atoms with Gasteiger partial charge in [-0.25, -0.2) is 4.98 Å². The Kier molecular flexibility index (Phi) is 5.46. The number of carbonyl (C=O) groups is 2. The van der Waals surface area contributed by atoms with Crippen LogP contribution in [0.2, 0.25) is 0 Å². The van der Waals surface area contributed by atoms with Crippen LogP contribution in [0.25, 0.3) is 0 Å². The fourth-order valence-corrected chi connectivity index (χ4v) is 7.23. The quantitative estimate of drug-likeness (QED) is 0.675. The van der Waals surface area contributed by atoms with Crippen molar-refractivity contribution < 1.29 is 14.3 Å². The average Bonchev–Trinajstić information content (AvgIpc) is 3.17. The van der Waals surface area contributed by atoms with E-state index in [0.717, 1.165) is 29.9 Å². The van der Waals surface area contributed by atoms with Crippen molar-refractivity contribution in [2.75, 3.05) is 19.0 Å². The summed E-state index contributed by atoms with van der Waals surface area (Å²) in [4.78, 5) is 29.2. The fraction of sp³-hybridized carbons (Fsp3) is 0.542. The van der Waals surface area contributed by atoms with E-state index in [9.17, 15) is 9.59 Å². The Hall–Kier alpha value is -2.41. The van der Waals surface area contributed by atoms with Gasteiger partial charge >= 0.3 is 0 Å². The van der Waals surface area contributed by atoms with Crippen molar-refractivity contribution in [3.8, 4) is 5.75 Å². The molecule has 0 spiro atoms. The molecule has 1 aromatic carbocycles. The maximum atomic E-state index is 12.3. The molecule has 7 heteroatoms. The minimum absolute atomic E-state index is 0.0885. The maximum absolute atomic E-state index is 12.3. The number of carbonyl (C=O) groups excluding carboxylic acids is 2. The van der Waals surface area contributed by atoms with E-state index in [2.05, 4.69) is 16.0 Å². The van der Waals surface area contributed by atoms with E-state index in [1.807, 2.05) is 0 Å². The number of amides is 2. The molecule has 4 saturated carbocycles. The molecule has 164 valence electrons. The second-order valence-electron chi connectivity index (χ2n) is 9.70. The molecule has 6 rings (SSSR count). The van der Waals surface area contributed by atoms with Crippen LogP contribution in [0.5, 0.6) is 5.75 Å². The summed E-state index contributed by atoms with van der Waals surface area (Å²) in [7, 11) is 1.58. The van der Waals surface area contributed by atoms with Crippen LogP contribution in [-0.2, 0) is 11.2 Å². The number of rotatable bonds is 7. The first kappa shape index (κ1) is 20.5. The van der Waals surface area contributed by atoms with Crippen LogP contribution in [0.1, 0.15) is 54.6 Å². The summed E-state index contributed by atoms with van der Waals surface area (Å²) in [5.41, 5.74) is 2.03. The molecule has 6 nitrogen and oxygen atoms in total. The Labute approximate surface area is 186 Å². The number of nitrogens with one attached hydrogen (secondary N) is 2. The van der Waals surface area contributed by atoms with Gasteiger partial charge in [-0.3, -0.25) is 9.59 Å². The Bertz CT molecular complexity index is 933. The molecule has 1 aromatic heterocycles. The zero-order valence-corrected chi connectivity index (χ0v) is 18.7. The summed E-state index contributed by atoms with van der Waals surface area (Å²) in [6, 6.07) is 6.78. The van der Waals surface area contributed by atoms with Gasteiger partial charge in [0.1, 0.15) is 5.75 Å². The van der Waals surface area contributed by atoms with Gasteiger partial charge in [0.2, 0.25) is 5.91 Å². The molecule has 2 amide bonds. The van der Waals surface area contributed by atoms with Gasteiger partial charge in [0.05, 0.1) is 19.3 Å². The number of hydrogen-bond acceptors (Lipinski definition) is 5. The highest BCUT2D eigenvalue weighted by Crippen LogP contribution is 2.61. The van der Waals surface area contributed by atoms with Crippen LogP contribution in [0.15, 0.2) is 29.6 Å². The standard InChI is InChI=1S/C24H29N3O3S/c1-30-20-4-2-18(3-5-20)22(29)25-13-21(28)27-23-26-19(14-31-23)12-24-9-15-6-16(10-24)8-17(7-15)11-24/h2-5,14-17H,6-13H2,1H3,(H,25,29)(H,26,27,28). The van der Waals surface area contributed by atoms with E-state index >= 15 is 0 Å². The number of thiazole rings is 1. The van der Waals surface area contributed by atoms with Crippen molar-refractivity contribution in [1.29, 1.82) is 0 Å². The molecule has 4 fully saturated rings. The minimum atomic E-state index is -0.292. The molecule has 4 aliphatic rings. The van der Waals surface area contributed by atoms with Gasteiger partial charge in [-0.2, -0.15) is 0 Å². The number of ether oxygens (including phenoxy) is 1. The van der Waals surface area contributed by atoms with E-state index < -0.39 is 0 Å². The second kappa shape index (κ2) is 8.26. The number of nitrogens with zero attached hydrogens (tertiary/aromatic N) is 1. The average molecular weight is 440 g/mol. The first-order valence-corrected chi connectivity index (χ1v) is 12.0. The first-order valence-electron chi connectivity index (χ1n) is 11.2. The zero-order chi connectivity index (χ0) is 21.4. The van der Waals surface area contributed by atoms with Crippen LogP contribution < -0.4 is 15.4 Å². The molecule has 4 bridgehead atoms. The van der Waals surface area contributed by atoms with Crippen molar-refractivity contribution in [2.45, 2.75) is 44.9 Å². The van der Waals surface area contributed by atoms with E-state index in [1.165, 1.54) is 49.9 Å². The number of hydrogen-bond donors (Lipinski definition) is 2. The highest BCUT2D eigenvalue weighted by Gasteiger charge is 2.50. The van der Waals surface area contributed by atoms with E-state index in [1.54, 1.807) is 31.4 Å². The molecule has 0 radical (unpaired) electrons. The lowest BCUT2D eigenvalue weighted by Gasteiger charge is -2.56. The van der Waals surface area contributed by atoms with Crippen molar-refractivity contribution >= 4 is 28.3 Å². The van der Waals surface area contributed by atoms with Gasteiger partial charge in [0, 0.05) is 10.9 Å². The van der Waals surface area contributed by atoms with Crippen molar-refractivity contribution in [1.82, 2.24) is 10.3 Å². The fourth-order valence-electron chi connectivity index (χ4n) is 6.50. The van der Waals surface area contributed by atoms with Gasteiger partial charge in [-0.1, -0.05) is 0 Å². The Morgan fingerprint density at radius 3 is 2.35 bits per heavy atom. The van der Waals surface area contributed by atoms with Crippen molar-refractivity contribution in [3.05, 3.63) is 40.9 Å². The summed E-state index contributed by atoms with van der Waals surface area (Å²) in [6.07, 6.45) is 9.44. The molecule has 4 aliphatic carbocycles. The van der Waals surface area contributed by atoms with Gasteiger partial charge < -0.3 is 15.4 Å². The normalized spacial score (nSPS) is 28.4. The lowest BCUT2D eigenvalue weighted by atomic mass is 9.48. The van der Waals surface area contributed by atoms with Crippen LogP contribution in [0.4, 0.5) is 5.13 Å². The largest absolute Gasteiger partial charge is 0.497 e. The molecular weight excluding hydrogens is 410 g/mol. The summed E-state index contributed by atoms with van der Waals surface area (Å²) in [6.45, 7) is -0.0885. The molecule has 0 saturated heterocycles. The highest BCUT2D eigenvalue weighted by molar-refractivity contribution is 7.13. The molecule has 0 unspecified atom stereocenters. The smallest absolute Gasteiger partial charge is 0.251 e. The number of anilines is 1. The summed E-state index contributed by atoms with van der Waals surface area (Å²) in [5.74, 6) is 2.91. The van der Waals surface area contributed by atoms with E-state index in [4.69, 9.17) is 9.72 Å². The molecule has 0 aliphatic heterocycles. The van der Waals surface area contributed by atoms with Gasteiger partial charge in [0.25, 0.3) is 5.91 Å². The minimum Gasteiger partial charge on any atom is -0.497 e. The molecule has 2 N–H and O–H groups in total. The van der Waals surface area contributed by atoms with Crippen LogP contribution in [-0.4, -0.2) is 30.5 Å². The lowest BCUT2D eigenvalue weighted by molar-refractivity contribution is -0.115. The summed E-state index contributed by atoms with van der Waals surface area (Å²) >= 11 is 1.47. The highest BCUT2D eigenvalue weighted by atomic mass is 32.1. The van der Waals surface area contributed by atoms with Crippen LogP contribution in [0.3, 0.4) is 0 Å². The number of benzene rings is 1. The Balaban J connectivity index is 1.13. The lowest BCUT2D eigenvalue weighted by Crippen LogP contribution is -2.47. The molecule has 2 aromatic rings. The van der Waals surface area contributed by atoms with Gasteiger partial charge in [-0.05, 0) is 92.4 Å². The monoisotopic (exact) mass is 439 g/mol. The third kappa shape index (κ3) is 4.47. The topological polar surface area (TPSA) is 80.3 Å². The van der Waals surface area contributed by atoms with E-state index in [-0.39, 0.29) is 18.4 Å².